The summed E-state index contributed by atoms with van der Waals surface area (Å²) in [5.41, 5.74) is 2.46. The lowest BCUT2D eigenvalue weighted by Crippen LogP contribution is -2.56. The van der Waals surface area contributed by atoms with Crippen molar-refractivity contribution in [1.29, 1.82) is 0 Å². The van der Waals surface area contributed by atoms with Gasteiger partial charge >= 0.3 is 0 Å². The third kappa shape index (κ3) is 4.85. The van der Waals surface area contributed by atoms with Crippen molar-refractivity contribution in [3.63, 3.8) is 0 Å². The van der Waals surface area contributed by atoms with Crippen molar-refractivity contribution < 1.29 is 19.4 Å². The van der Waals surface area contributed by atoms with Gasteiger partial charge in [0.2, 0.25) is 5.91 Å². The van der Waals surface area contributed by atoms with E-state index in [9.17, 15) is 9.90 Å². The van der Waals surface area contributed by atoms with Crippen LogP contribution in [0.3, 0.4) is 0 Å². The minimum Gasteiger partial charge on any atom is -0.497 e. The van der Waals surface area contributed by atoms with E-state index in [4.69, 9.17) is 9.47 Å². The molecule has 3 atom stereocenters. The number of rotatable bonds is 6. The predicted octanol–water partition coefficient (Wildman–Crippen LogP) is 5.74. The minimum absolute atomic E-state index is 0.0278. The second kappa shape index (κ2) is 10.2. The van der Waals surface area contributed by atoms with E-state index >= 15 is 0 Å². The summed E-state index contributed by atoms with van der Waals surface area (Å²) in [6, 6.07) is 13.8. The van der Waals surface area contributed by atoms with E-state index in [-0.39, 0.29) is 17.9 Å². The predicted molar refractivity (Wildman–Crippen MR) is 135 cm³/mol. The van der Waals surface area contributed by atoms with Crippen LogP contribution in [0.5, 0.6) is 11.5 Å². The van der Waals surface area contributed by atoms with Gasteiger partial charge < -0.3 is 19.5 Å². The second-order valence-electron chi connectivity index (χ2n) is 9.94. The first-order valence-corrected chi connectivity index (χ1v) is 12.4. The highest BCUT2D eigenvalue weighted by atomic mass is 16.5. The fourth-order valence-corrected chi connectivity index (χ4v) is 5.63. The monoisotopic (exact) mass is 463 g/mol. The van der Waals surface area contributed by atoms with Crippen molar-refractivity contribution in [2.24, 2.45) is 5.92 Å². The van der Waals surface area contributed by atoms with Crippen LogP contribution in [-0.4, -0.2) is 42.3 Å². The van der Waals surface area contributed by atoms with Crippen molar-refractivity contribution in [3.05, 3.63) is 65.2 Å². The molecule has 1 heterocycles. The van der Waals surface area contributed by atoms with Crippen molar-refractivity contribution in [3.8, 4) is 11.5 Å². The Bertz CT molecular complexity index is 1030. The van der Waals surface area contributed by atoms with E-state index in [1.54, 1.807) is 20.3 Å². The average Bonchev–Trinajstić information content (AvgIpc) is 2.86. The van der Waals surface area contributed by atoms with Crippen molar-refractivity contribution in [2.45, 2.75) is 63.5 Å². The van der Waals surface area contributed by atoms with Gasteiger partial charge in [-0.05, 0) is 54.5 Å². The fraction of sp³-hybridized carbons (Fsp3) is 0.483. The third-order valence-electron chi connectivity index (χ3n) is 7.63. The SMILES string of the molecule is COc1ccc([C@@H]2[C@@H]3CCCC[C@]3(O)CCN2C(=O)/C=C/c2ccc(C(C)C)cc2)c(OC)c1. The van der Waals surface area contributed by atoms with Crippen LogP contribution < -0.4 is 9.47 Å². The van der Waals surface area contributed by atoms with E-state index < -0.39 is 5.60 Å². The maximum atomic E-state index is 13.5. The molecule has 0 bridgehead atoms. The first kappa shape index (κ1) is 24.3. The number of likely N-dealkylation sites (tertiary alicyclic amines) is 1. The molecule has 5 nitrogen and oxygen atoms in total. The normalized spacial score (nSPS) is 24.8. The van der Waals surface area contributed by atoms with Gasteiger partial charge in [-0.25, -0.2) is 0 Å². The molecule has 0 spiro atoms. The summed E-state index contributed by atoms with van der Waals surface area (Å²) < 4.78 is 11.1. The smallest absolute Gasteiger partial charge is 0.247 e. The standard InChI is InChI=1S/C29H37NO4/c1-20(2)22-11-8-21(9-12-22)10-15-27(31)30-18-17-29(32)16-6-5-7-25(29)28(30)24-14-13-23(33-3)19-26(24)34-4/h8-15,19-20,25,28,32H,5-7,16-18H2,1-4H3/b15-10+/t25-,28+,29-/m0/s1. The third-order valence-corrected chi connectivity index (χ3v) is 7.63. The molecule has 1 saturated heterocycles. The van der Waals surface area contributed by atoms with Gasteiger partial charge in [-0.2, -0.15) is 0 Å². The highest BCUT2D eigenvalue weighted by Gasteiger charge is 2.50. The summed E-state index contributed by atoms with van der Waals surface area (Å²) in [7, 11) is 3.27. The number of nitrogens with zero attached hydrogens (tertiary/aromatic N) is 1. The molecule has 34 heavy (non-hydrogen) atoms. The number of methoxy groups -OCH3 is 2. The number of piperidine rings is 1. The number of carbonyl (C=O) groups excluding carboxylic acids is 1. The summed E-state index contributed by atoms with van der Waals surface area (Å²) in [5, 5.41) is 11.5. The molecule has 0 aromatic heterocycles. The zero-order chi connectivity index (χ0) is 24.3. The number of hydrogen-bond donors (Lipinski definition) is 1. The molecule has 182 valence electrons. The Morgan fingerprint density at radius 2 is 1.85 bits per heavy atom. The van der Waals surface area contributed by atoms with E-state index in [0.29, 0.717) is 30.4 Å². The maximum absolute atomic E-state index is 13.5. The van der Waals surface area contributed by atoms with Gasteiger partial charge in [-0.3, -0.25) is 4.79 Å². The van der Waals surface area contributed by atoms with Crippen molar-refractivity contribution in [1.82, 2.24) is 4.90 Å². The summed E-state index contributed by atoms with van der Waals surface area (Å²) in [6.45, 7) is 4.86. The van der Waals surface area contributed by atoms with Crippen LogP contribution in [0.4, 0.5) is 0 Å². The number of hydrogen-bond acceptors (Lipinski definition) is 4. The Morgan fingerprint density at radius 1 is 1.09 bits per heavy atom. The van der Waals surface area contributed by atoms with E-state index in [1.807, 2.05) is 29.2 Å². The van der Waals surface area contributed by atoms with Crippen LogP contribution >= 0.6 is 0 Å². The van der Waals surface area contributed by atoms with E-state index in [0.717, 1.165) is 36.8 Å². The Balaban J connectivity index is 1.66. The topological polar surface area (TPSA) is 59.0 Å². The van der Waals surface area contributed by atoms with Crippen molar-refractivity contribution in [2.75, 3.05) is 20.8 Å². The summed E-state index contributed by atoms with van der Waals surface area (Å²) in [6.07, 6.45) is 7.92. The molecule has 2 aliphatic rings. The fourth-order valence-electron chi connectivity index (χ4n) is 5.63. The second-order valence-corrected chi connectivity index (χ2v) is 9.94. The van der Waals surface area contributed by atoms with E-state index in [2.05, 4.69) is 38.1 Å². The number of fused-ring (bicyclic) bond motifs is 1. The quantitative estimate of drug-likeness (QED) is 0.556. The summed E-state index contributed by atoms with van der Waals surface area (Å²) in [5.74, 6) is 1.80. The zero-order valence-corrected chi connectivity index (χ0v) is 20.8. The lowest BCUT2D eigenvalue weighted by atomic mass is 9.66. The van der Waals surface area contributed by atoms with Gasteiger partial charge in [0.25, 0.3) is 0 Å². The minimum atomic E-state index is -0.749. The van der Waals surface area contributed by atoms with Gasteiger partial charge in [0, 0.05) is 30.2 Å². The van der Waals surface area contributed by atoms with Gasteiger partial charge in [-0.1, -0.05) is 51.0 Å². The molecule has 1 amide bonds. The zero-order valence-electron chi connectivity index (χ0n) is 20.8. The molecule has 1 aliphatic heterocycles. The summed E-state index contributed by atoms with van der Waals surface area (Å²) >= 11 is 0. The molecule has 1 aliphatic carbocycles. The number of aliphatic hydroxyl groups is 1. The number of ether oxygens (including phenoxy) is 2. The Labute approximate surface area is 203 Å². The number of benzene rings is 2. The molecule has 0 unspecified atom stereocenters. The highest BCUT2D eigenvalue weighted by Crippen LogP contribution is 2.51. The first-order chi connectivity index (χ1) is 16.4. The molecule has 5 heteroatoms. The van der Waals surface area contributed by atoms with Crippen LogP contribution in [0.15, 0.2) is 48.5 Å². The largest absolute Gasteiger partial charge is 0.497 e. The Morgan fingerprint density at radius 3 is 2.53 bits per heavy atom. The molecular formula is C29H37NO4. The molecular weight excluding hydrogens is 426 g/mol. The van der Waals surface area contributed by atoms with Crippen LogP contribution in [0, 0.1) is 5.92 Å². The maximum Gasteiger partial charge on any atom is 0.247 e. The molecule has 2 fully saturated rings. The highest BCUT2D eigenvalue weighted by molar-refractivity contribution is 5.92. The lowest BCUT2D eigenvalue weighted by Gasteiger charge is -2.52. The summed E-state index contributed by atoms with van der Waals surface area (Å²) in [4.78, 5) is 15.4. The molecule has 2 aromatic rings. The van der Waals surface area contributed by atoms with Crippen molar-refractivity contribution >= 4 is 12.0 Å². The first-order valence-electron chi connectivity index (χ1n) is 12.4. The van der Waals surface area contributed by atoms with Gasteiger partial charge in [0.15, 0.2) is 0 Å². The Kier molecular flexibility index (Phi) is 7.32. The molecule has 2 aromatic carbocycles. The number of amides is 1. The van der Waals surface area contributed by atoms with Crippen LogP contribution in [-0.2, 0) is 4.79 Å². The lowest BCUT2D eigenvalue weighted by molar-refractivity contribution is -0.151. The van der Waals surface area contributed by atoms with Gasteiger partial charge in [0.1, 0.15) is 11.5 Å². The molecule has 1 N–H and O–H groups in total. The average molecular weight is 464 g/mol. The molecule has 0 radical (unpaired) electrons. The van der Waals surface area contributed by atoms with Crippen LogP contribution in [0.1, 0.15) is 74.6 Å². The van der Waals surface area contributed by atoms with Crippen LogP contribution in [0.2, 0.25) is 0 Å². The van der Waals surface area contributed by atoms with Gasteiger partial charge in [-0.15, -0.1) is 0 Å². The Hall–Kier alpha value is -2.79. The number of carbonyl (C=O) groups is 1. The molecule has 1 saturated carbocycles. The van der Waals surface area contributed by atoms with Crippen LogP contribution in [0.25, 0.3) is 6.08 Å². The van der Waals surface area contributed by atoms with E-state index in [1.165, 1.54) is 5.56 Å². The molecule has 4 rings (SSSR count). The van der Waals surface area contributed by atoms with Gasteiger partial charge in [0.05, 0.1) is 25.9 Å².